The van der Waals surface area contributed by atoms with Crippen molar-refractivity contribution >= 4 is 45.6 Å². The van der Waals surface area contributed by atoms with Crippen LogP contribution in [0.5, 0.6) is 0 Å². The summed E-state index contributed by atoms with van der Waals surface area (Å²) in [4.78, 5) is 8.49. The normalized spacial score (nSPS) is 16.1. The molecule has 1 unspecified atom stereocenters. The molecule has 4 nitrogen and oxygen atoms in total. The Kier molecular flexibility index (Phi) is 8.43. The summed E-state index contributed by atoms with van der Waals surface area (Å²) >= 11 is 0. The molecule has 0 amide bonds. The van der Waals surface area contributed by atoms with E-state index in [0.717, 1.165) is 0 Å². The molecule has 0 saturated heterocycles. The number of rotatable bonds is 4. The van der Waals surface area contributed by atoms with Crippen LogP contribution < -0.4 is 0 Å². The van der Waals surface area contributed by atoms with Crippen molar-refractivity contribution in [2.75, 3.05) is 13.2 Å². The van der Waals surface area contributed by atoms with Gasteiger partial charge in [-0.25, -0.2) is 4.57 Å². The molecule has 9 heteroatoms. The SMILES string of the molecule is CCOP(=O)(O)OCC(F)(F)F.[Ca+2].[H-].[H-]. The molecule has 1 N–H and O–H groups in total. The monoisotopic (exact) mass is 250 g/mol. The first kappa shape index (κ1) is 16.6. The van der Waals surface area contributed by atoms with Crippen LogP contribution in [-0.2, 0) is 13.6 Å². The smallest absolute Gasteiger partial charge is 1.00 e. The Morgan fingerprint density at radius 3 is 2.23 bits per heavy atom. The first-order valence-electron chi connectivity index (χ1n) is 2.95. The van der Waals surface area contributed by atoms with Crippen LogP contribution in [-0.4, -0.2) is 62.0 Å². The van der Waals surface area contributed by atoms with E-state index in [2.05, 4.69) is 9.05 Å². The van der Waals surface area contributed by atoms with Gasteiger partial charge in [-0.1, -0.05) is 0 Å². The topological polar surface area (TPSA) is 55.8 Å². The van der Waals surface area contributed by atoms with E-state index in [4.69, 9.17) is 4.89 Å². The molecule has 0 aliphatic heterocycles. The molecule has 0 aliphatic carbocycles. The number of hydrogen-bond donors (Lipinski definition) is 1. The van der Waals surface area contributed by atoms with Crippen LogP contribution in [0.25, 0.3) is 0 Å². The van der Waals surface area contributed by atoms with E-state index in [0.29, 0.717) is 0 Å². The number of alkyl halides is 3. The van der Waals surface area contributed by atoms with Crippen molar-refractivity contribution in [1.29, 1.82) is 0 Å². The molecule has 0 heterocycles. The zero-order valence-corrected chi connectivity index (χ0v) is 9.98. The first-order chi connectivity index (χ1) is 5.27. The van der Waals surface area contributed by atoms with Crippen molar-refractivity contribution in [1.82, 2.24) is 0 Å². The molecule has 0 rings (SSSR count). The van der Waals surface area contributed by atoms with Gasteiger partial charge in [-0.2, -0.15) is 13.2 Å². The Morgan fingerprint density at radius 2 is 1.92 bits per heavy atom. The molecule has 1 atom stereocenters. The molecular formula is C4H10CaF3O4P. The summed E-state index contributed by atoms with van der Waals surface area (Å²) in [5.74, 6) is 0. The van der Waals surface area contributed by atoms with E-state index in [1.54, 1.807) is 0 Å². The van der Waals surface area contributed by atoms with Crippen LogP contribution in [0.2, 0.25) is 0 Å². The van der Waals surface area contributed by atoms with Crippen LogP contribution in [0, 0.1) is 0 Å². The largest absolute Gasteiger partial charge is 2.00 e. The van der Waals surface area contributed by atoms with Crippen LogP contribution in [0.3, 0.4) is 0 Å². The van der Waals surface area contributed by atoms with E-state index in [-0.39, 0.29) is 47.2 Å². The summed E-state index contributed by atoms with van der Waals surface area (Å²) in [7, 11) is -4.51. The van der Waals surface area contributed by atoms with E-state index >= 15 is 0 Å². The van der Waals surface area contributed by atoms with Crippen LogP contribution in [0.1, 0.15) is 9.78 Å². The Hall–Kier alpha value is 1.16. The van der Waals surface area contributed by atoms with Crippen molar-refractivity contribution in [2.24, 2.45) is 0 Å². The summed E-state index contributed by atoms with van der Waals surface area (Å²) in [5, 5.41) is 0. The van der Waals surface area contributed by atoms with E-state index in [1.807, 2.05) is 0 Å². The van der Waals surface area contributed by atoms with Gasteiger partial charge >= 0.3 is 51.7 Å². The van der Waals surface area contributed by atoms with Crippen molar-refractivity contribution in [3.63, 3.8) is 0 Å². The average Bonchev–Trinajstić information content (AvgIpc) is 1.83. The standard InChI is InChI=1S/C4H8F3O4P.Ca.2H/c1-2-10-12(8,9)11-3-4(5,6)7;;;/h2-3H2,1H3,(H,8,9);;;/q;+2;2*-1. The predicted octanol–water partition coefficient (Wildman–Crippen LogP) is 1.55. The van der Waals surface area contributed by atoms with Crippen LogP contribution >= 0.6 is 7.82 Å². The fraction of sp³-hybridized carbons (Fsp3) is 1.00. The minimum Gasteiger partial charge on any atom is -1.00 e. The minimum atomic E-state index is -4.63. The van der Waals surface area contributed by atoms with E-state index in [9.17, 15) is 17.7 Å². The summed E-state index contributed by atoms with van der Waals surface area (Å²) in [6.07, 6.45) is -4.63. The van der Waals surface area contributed by atoms with Gasteiger partial charge in [-0.3, -0.25) is 9.05 Å². The molecular weight excluding hydrogens is 240 g/mol. The molecule has 0 aromatic heterocycles. The Morgan fingerprint density at radius 1 is 1.46 bits per heavy atom. The third-order valence-corrected chi connectivity index (χ3v) is 1.72. The second kappa shape index (κ2) is 6.61. The van der Waals surface area contributed by atoms with Gasteiger partial charge in [-0.05, 0) is 6.92 Å². The Labute approximate surface area is 106 Å². The molecule has 13 heavy (non-hydrogen) atoms. The quantitative estimate of drug-likeness (QED) is 0.607. The van der Waals surface area contributed by atoms with Gasteiger partial charge in [-0.15, -0.1) is 0 Å². The van der Waals surface area contributed by atoms with Crippen molar-refractivity contribution in [3.05, 3.63) is 0 Å². The summed E-state index contributed by atoms with van der Waals surface area (Å²) < 4.78 is 52.3. The van der Waals surface area contributed by atoms with Crippen molar-refractivity contribution in [2.45, 2.75) is 13.1 Å². The van der Waals surface area contributed by atoms with E-state index in [1.165, 1.54) is 6.92 Å². The average molecular weight is 250 g/mol. The summed E-state index contributed by atoms with van der Waals surface area (Å²) in [6.45, 7) is -0.619. The van der Waals surface area contributed by atoms with Gasteiger partial charge in [0.25, 0.3) is 0 Å². The molecule has 0 fully saturated rings. The maximum atomic E-state index is 11.4. The predicted molar refractivity (Wildman–Crippen MR) is 41.4 cm³/mol. The van der Waals surface area contributed by atoms with Gasteiger partial charge in [0.05, 0.1) is 6.61 Å². The maximum absolute atomic E-state index is 11.4. The summed E-state index contributed by atoms with van der Waals surface area (Å²) in [6, 6.07) is 0. The molecule has 0 aromatic rings. The molecule has 0 aromatic carbocycles. The number of hydrogen-bond acceptors (Lipinski definition) is 3. The van der Waals surface area contributed by atoms with Crippen LogP contribution in [0.4, 0.5) is 13.2 Å². The first-order valence-corrected chi connectivity index (χ1v) is 4.45. The zero-order valence-electron chi connectivity index (χ0n) is 8.87. The Bertz CT molecular complexity index is 193. The minimum absolute atomic E-state index is 0. The second-order valence-corrected chi connectivity index (χ2v) is 3.23. The van der Waals surface area contributed by atoms with Gasteiger partial charge in [0, 0.05) is 0 Å². The van der Waals surface area contributed by atoms with Crippen molar-refractivity contribution < 1.29 is 34.5 Å². The number of phosphoric acid groups is 1. The zero-order chi connectivity index (χ0) is 9.83. The third-order valence-electron chi connectivity index (χ3n) is 0.684. The summed E-state index contributed by atoms with van der Waals surface area (Å²) in [5.41, 5.74) is 0. The molecule has 0 aliphatic rings. The van der Waals surface area contributed by atoms with E-state index < -0.39 is 20.6 Å². The maximum Gasteiger partial charge on any atom is 2.00 e. The second-order valence-electron chi connectivity index (χ2n) is 1.77. The molecule has 78 valence electrons. The molecule has 0 spiro atoms. The molecule has 0 saturated carbocycles. The number of phosphoric ester groups is 1. The van der Waals surface area contributed by atoms with Crippen molar-refractivity contribution in [3.8, 4) is 0 Å². The van der Waals surface area contributed by atoms with Gasteiger partial charge in [0.2, 0.25) is 0 Å². The molecule has 0 radical (unpaired) electrons. The third kappa shape index (κ3) is 11.1. The van der Waals surface area contributed by atoms with Gasteiger partial charge in [0.1, 0.15) is 0 Å². The Balaban J connectivity index is -0.000000202. The van der Waals surface area contributed by atoms with Gasteiger partial charge in [0.15, 0.2) is 6.61 Å². The van der Waals surface area contributed by atoms with Gasteiger partial charge < -0.3 is 7.75 Å². The fourth-order valence-electron chi connectivity index (χ4n) is 0.355. The molecule has 0 bridgehead atoms. The number of halogens is 3. The van der Waals surface area contributed by atoms with Crippen LogP contribution in [0.15, 0.2) is 0 Å². The fourth-order valence-corrected chi connectivity index (χ4v) is 1.07.